The van der Waals surface area contributed by atoms with Gasteiger partial charge in [-0.2, -0.15) is 0 Å². The molecule has 4 rings (SSSR count). The number of hydrogen-bond donors (Lipinski definition) is 4. The van der Waals surface area contributed by atoms with Crippen molar-refractivity contribution in [1.82, 2.24) is 20.5 Å². The van der Waals surface area contributed by atoms with Crippen molar-refractivity contribution in [2.75, 3.05) is 36.8 Å². The number of aromatic nitrogens is 1. The van der Waals surface area contributed by atoms with Gasteiger partial charge in [0.2, 0.25) is 0 Å². The zero-order chi connectivity index (χ0) is 24.1. The fraction of sp³-hybridized carbons (Fsp3) is 0.292. The van der Waals surface area contributed by atoms with Crippen molar-refractivity contribution in [2.24, 2.45) is 0 Å². The van der Waals surface area contributed by atoms with Gasteiger partial charge in [-0.15, -0.1) is 0 Å². The molecule has 1 unspecified atom stereocenters. The number of pyridine rings is 1. The van der Waals surface area contributed by atoms with Gasteiger partial charge >= 0.3 is 12.1 Å². The molecule has 1 fully saturated rings. The van der Waals surface area contributed by atoms with Gasteiger partial charge in [0.05, 0.1) is 16.9 Å². The molecule has 8 nitrogen and oxygen atoms in total. The molecular formula is C24H26F2N6O2. The number of carbonyl (C=O) groups excluding carboxylic acids is 2. The molecule has 1 aliphatic heterocycles. The topological polar surface area (TPSA) is 98.4 Å². The number of benzene rings is 2. The molecule has 1 aliphatic rings. The average molecular weight is 469 g/mol. The third-order valence-electron chi connectivity index (χ3n) is 5.59. The predicted octanol–water partition coefficient (Wildman–Crippen LogP) is 3.84. The number of fused-ring (bicyclic) bond motifs is 1. The fourth-order valence-electron chi connectivity index (χ4n) is 3.99. The van der Waals surface area contributed by atoms with Gasteiger partial charge < -0.3 is 21.3 Å². The molecule has 0 saturated carbocycles. The van der Waals surface area contributed by atoms with Crippen LogP contribution in [0.4, 0.5) is 29.7 Å². The van der Waals surface area contributed by atoms with Crippen molar-refractivity contribution in [3.05, 3.63) is 65.9 Å². The lowest BCUT2D eigenvalue weighted by atomic mass is 10.1. The SMILES string of the molecule is Cc1cc(NC(=O)NCCN2CCC(NC(=O)Nc3ccc(F)cc3F)C2)c2ccccc2n1. The van der Waals surface area contributed by atoms with Crippen LogP contribution in [0.15, 0.2) is 48.5 Å². The van der Waals surface area contributed by atoms with Crippen molar-refractivity contribution < 1.29 is 18.4 Å². The molecule has 1 atom stereocenters. The van der Waals surface area contributed by atoms with E-state index in [9.17, 15) is 18.4 Å². The number of rotatable bonds is 6. The van der Waals surface area contributed by atoms with Crippen molar-refractivity contribution in [3.8, 4) is 0 Å². The average Bonchev–Trinajstić information content (AvgIpc) is 3.22. The second-order valence-electron chi connectivity index (χ2n) is 8.22. The molecule has 0 spiro atoms. The van der Waals surface area contributed by atoms with Crippen LogP contribution < -0.4 is 21.3 Å². The van der Waals surface area contributed by atoms with E-state index in [0.717, 1.165) is 35.6 Å². The lowest BCUT2D eigenvalue weighted by molar-refractivity contribution is 0.246. The van der Waals surface area contributed by atoms with Crippen LogP contribution in [0.5, 0.6) is 0 Å². The first-order valence-electron chi connectivity index (χ1n) is 11.0. The van der Waals surface area contributed by atoms with Gasteiger partial charge in [-0.25, -0.2) is 18.4 Å². The second-order valence-corrected chi connectivity index (χ2v) is 8.22. The first-order chi connectivity index (χ1) is 16.4. The summed E-state index contributed by atoms with van der Waals surface area (Å²) in [5, 5.41) is 11.8. The van der Waals surface area contributed by atoms with Gasteiger partial charge in [-0.05, 0) is 37.6 Å². The van der Waals surface area contributed by atoms with E-state index in [1.807, 2.05) is 37.3 Å². The van der Waals surface area contributed by atoms with Crippen LogP contribution in [0.1, 0.15) is 12.1 Å². The maximum absolute atomic E-state index is 13.7. The summed E-state index contributed by atoms with van der Waals surface area (Å²) in [6.07, 6.45) is 0.730. The molecule has 10 heteroatoms. The van der Waals surface area contributed by atoms with Crippen molar-refractivity contribution >= 4 is 34.3 Å². The van der Waals surface area contributed by atoms with Crippen LogP contribution >= 0.6 is 0 Å². The predicted molar refractivity (Wildman–Crippen MR) is 127 cm³/mol. The molecule has 0 radical (unpaired) electrons. The number of anilines is 2. The number of para-hydroxylation sites is 1. The molecule has 1 saturated heterocycles. The lowest BCUT2D eigenvalue weighted by Crippen LogP contribution is -2.41. The molecule has 34 heavy (non-hydrogen) atoms. The Morgan fingerprint density at radius 1 is 1.06 bits per heavy atom. The van der Waals surface area contributed by atoms with Gasteiger partial charge in [0, 0.05) is 49.4 Å². The van der Waals surface area contributed by atoms with Crippen molar-refractivity contribution in [3.63, 3.8) is 0 Å². The Bertz CT molecular complexity index is 1210. The highest BCUT2D eigenvalue weighted by atomic mass is 19.1. The van der Waals surface area contributed by atoms with Crippen molar-refractivity contribution in [1.29, 1.82) is 0 Å². The number of nitrogens with one attached hydrogen (secondary N) is 4. The van der Waals surface area contributed by atoms with Crippen LogP contribution in [0.2, 0.25) is 0 Å². The quantitative estimate of drug-likeness (QED) is 0.442. The molecule has 0 bridgehead atoms. The highest BCUT2D eigenvalue weighted by molar-refractivity contribution is 6.00. The zero-order valence-corrected chi connectivity index (χ0v) is 18.7. The summed E-state index contributed by atoms with van der Waals surface area (Å²) in [7, 11) is 0. The Morgan fingerprint density at radius 2 is 1.85 bits per heavy atom. The molecule has 4 N–H and O–H groups in total. The number of likely N-dealkylation sites (tertiary alicyclic amines) is 1. The molecule has 4 amide bonds. The second kappa shape index (κ2) is 10.4. The van der Waals surface area contributed by atoms with E-state index in [1.54, 1.807) is 0 Å². The van der Waals surface area contributed by atoms with Gasteiger partial charge in [-0.3, -0.25) is 9.88 Å². The highest BCUT2D eigenvalue weighted by Gasteiger charge is 2.24. The van der Waals surface area contributed by atoms with E-state index < -0.39 is 17.7 Å². The maximum atomic E-state index is 13.7. The first kappa shape index (κ1) is 23.4. The Kier molecular flexibility index (Phi) is 7.17. The number of carbonyl (C=O) groups is 2. The minimum absolute atomic E-state index is 0.0823. The van der Waals surface area contributed by atoms with E-state index in [1.165, 1.54) is 6.07 Å². The summed E-state index contributed by atoms with van der Waals surface area (Å²) in [4.78, 5) is 31.1. The Morgan fingerprint density at radius 3 is 2.68 bits per heavy atom. The van der Waals surface area contributed by atoms with E-state index >= 15 is 0 Å². The first-order valence-corrected chi connectivity index (χ1v) is 11.0. The van der Waals surface area contributed by atoms with E-state index in [0.29, 0.717) is 31.4 Å². The molecule has 2 aromatic carbocycles. The summed E-state index contributed by atoms with van der Waals surface area (Å²) in [5.74, 6) is -1.54. The minimum Gasteiger partial charge on any atom is -0.337 e. The van der Waals surface area contributed by atoms with Crippen LogP contribution in [-0.2, 0) is 0 Å². The number of aryl methyl sites for hydroxylation is 1. The van der Waals surface area contributed by atoms with Crippen LogP contribution in [-0.4, -0.2) is 54.2 Å². The number of amides is 4. The smallest absolute Gasteiger partial charge is 0.319 e. The van der Waals surface area contributed by atoms with Crippen LogP contribution in [0, 0.1) is 18.6 Å². The molecule has 0 aliphatic carbocycles. The fourth-order valence-corrected chi connectivity index (χ4v) is 3.99. The summed E-state index contributed by atoms with van der Waals surface area (Å²) in [6, 6.07) is 11.5. The number of hydrogen-bond acceptors (Lipinski definition) is 4. The van der Waals surface area contributed by atoms with Gasteiger partial charge in [-0.1, -0.05) is 18.2 Å². The Hall–Kier alpha value is -3.79. The summed E-state index contributed by atoms with van der Waals surface area (Å²) < 4.78 is 26.7. The van der Waals surface area contributed by atoms with Crippen molar-refractivity contribution in [2.45, 2.75) is 19.4 Å². The van der Waals surface area contributed by atoms with Crippen LogP contribution in [0.25, 0.3) is 10.9 Å². The minimum atomic E-state index is -0.831. The van der Waals surface area contributed by atoms with E-state index in [2.05, 4.69) is 31.2 Å². The molecule has 178 valence electrons. The van der Waals surface area contributed by atoms with Gasteiger partial charge in [0.25, 0.3) is 0 Å². The third-order valence-corrected chi connectivity index (χ3v) is 5.59. The lowest BCUT2D eigenvalue weighted by Gasteiger charge is -2.17. The molecule has 3 aromatic rings. The largest absolute Gasteiger partial charge is 0.337 e. The van der Waals surface area contributed by atoms with Crippen LogP contribution in [0.3, 0.4) is 0 Å². The molecule has 2 heterocycles. The van der Waals surface area contributed by atoms with Gasteiger partial charge in [0.15, 0.2) is 0 Å². The Labute approximate surface area is 195 Å². The maximum Gasteiger partial charge on any atom is 0.319 e. The summed E-state index contributed by atoms with van der Waals surface area (Å²) in [6.45, 7) is 4.30. The van der Waals surface area contributed by atoms with E-state index in [-0.39, 0.29) is 17.8 Å². The monoisotopic (exact) mass is 468 g/mol. The zero-order valence-electron chi connectivity index (χ0n) is 18.7. The standard InChI is InChI=1S/C24H26F2N6O2/c1-15-12-22(18-4-2-3-5-20(18)28-15)31-23(33)27-9-11-32-10-8-17(14-32)29-24(34)30-21-7-6-16(25)13-19(21)26/h2-7,12-13,17H,8-11,14H2,1H3,(H2,29,30,34)(H2,27,28,31,33). The number of nitrogens with zero attached hydrogens (tertiary/aromatic N) is 2. The summed E-state index contributed by atoms with van der Waals surface area (Å²) >= 11 is 0. The normalized spacial score (nSPS) is 15.8. The van der Waals surface area contributed by atoms with E-state index in [4.69, 9.17) is 0 Å². The molecule has 1 aromatic heterocycles. The molecular weight excluding hydrogens is 442 g/mol. The number of halogens is 2. The third kappa shape index (κ3) is 5.96. The van der Waals surface area contributed by atoms with Gasteiger partial charge in [0.1, 0.15) is 11.6 Å². The number of urea groups is 2. The summed E-state index contributed by atoms with van der Waals surface area (Å²) in [5.41, 5.74) is 2.26. The highest BCUT2D eigenvalue weighted by Crippen LogP contribution is 2.22. The Balaban J connectivity index is 1.20.